The van der Waals surface area contributed by atoms with E-state index >= 15 is 0 Å². The van der Waals surface area contributed by atoms with Gasteiger partial charge in [-0.2, -0.15) is 0 Å². The summed E-state index contributed by atoms with van der Waals surface area (Å²) in [5, 5.41) is 4.91. The van der Waals surface area contributed by atoms with Gasteiger partial charge in [0.1, 0.15) is 5.69 Å². The second-order valence-corrected chi connectivity index (χ2v) is 7.19. The fraction of sp³-hybridized carbons (Fsp3) is 0.333. The zero-order valence-electron chi connectivity index (χ0n) is 14.4. The molecular weight excluding hydrogens is 320 g/mol. The van der Waals surface area contributed by atoms with E-state index in [-0.39, 0.29) is 11.9 Å². The van der Waals surface area contributed by atoms with Gasteiger partial charge in [-0.1, -0.05) is 24.3 Å². The van der Waals surface area contributed by atoms with Crippen LogP contribution in [0.4, 0.5) is 0 Å². The van der Waals surface area contributed by atoms with Crippen molar-refractivity contribution in [3.8, 4) is 11.3 Å². The average Bonchev–Trinajstić information content (AvgIpc) is 3.06. The number of benzene rings is 1. The fourth-order valence-corrected chi connectivity index (χ4v) is 3.68. The summed E-state index contributed by atoms with van der Waals surface area (Å²) in [6, 6.07) is 8.23. The van der Waals surface area contributed by atoms with Crippen LogP contribution in [0.1, 0.15) is 23.0 Å². The van der Waals surface area contributed by atoms with Crippen molar-refractivity contribution in [3.05, 3.63) is 47.1 Å². The van der Waals surface area contributed by atoms with Crippen molar-refractivity contribution in [1.29, 1.82) is 0 Å². The molecule has 2 aromatic heterocycles. The number of nitrogens with zero attached hydrogens (tertiary/aromatic N) is 3. The Morgan fingerprint density at radius 1 is 1.38 bits per heavy atom. The van der Waals surface area contributed by atoms with Gasteiger partial charge in [-0.15, -0.1) is 11.3 Å². The molecule has 0 fully saturated rings. The van der Waals surface area contributed by atoms with Gasteiger partial charge >= 0.3 is 0 Å². The van der Waals surface area contributed by atoms with Crippen LogP contribution in [0.25, 0.3) is 16.2 Å². The van der Waals surface area contributed by atoms with E-state index in [0.29, 0.717) is 5.69 Å². The molecule has 0 spiro atoms. The smallest absolute Gasteiger partial charge is 0.269 e. The second-order valence-electron chi connectivity index (χ2n) is 6.35. The van der Waals surface area contributed by atoms with E-state index in [2.05, 4.69) is 34.3 Å². The van der Waals surface area contributed by atoms with Gasteiger partial charge in [0, 0.05) is 29.7 Å². The quantitative estimate of drug-likeness (QED) is 0.775. The summed E-state index contributed by atoms with van der Waals surface area (Å²) in [5.74, 6) is -0.0654. The molecule has 1 aromatic carbocycles. The molecule has 1 unspecified atom stereocenters. The van der Waals surface area contributed by atoms with Gasteiger partial charge in [-0.3, -0.25) is 9.20 Å². The summed E-state index contributed by atoms with van der Waals surface area (Å²) in [6.45, 7) is 4.88. The average molecular weight is 342 g/mol. The largest absolute Gasteiger partial charge is 0.347 e. The maximum Gasteiger partial charge on any atom is 0.269 e. The van der Waals surface area contributed by atoms with Gasteiger partial charge < -0.3 is 10.2 Å². The predicted octanol–water partition coefficient (Wildman–Crippen LogP) is 3.05. The van der Waals surface area contributed by atoms with E-state index in [9.17, 15) is 4.79 Å². The normalized spacial score (nSPS) is 12.7. The Morgan fingerprint density at radius 2 is 2.12 bits per heavy atom. The van der Waals surface area contributed by atoms with Gasteiger partial charge in [0.05, 0.1) is 5.69 Å². The van der Waals surface area contributed by atoms with Crippen LogP contribution in [-0.2, 0) is 0 Å². The molecule has 3 aromatic rings. The van der Waals surface area contributed by atoms with Crippen molar-refractivity contribution in [2.24, 2.45) is 0 Å². The molecule has 0 aliphatic heterocycles. The van der Waals surface area contributed by atoms with Gasteiger partial charge in [0.15, 0.2) is 4.96 Å². The van der Waals surface area contributed by atoms with Gasteiger partial charge in [0.2, 0.25) is 0 Å². The number of nitrogens with one attached hydrogen (secondary N) is 1. The number of carbonyl (C=O) groups excluding carboxylic acids is 1. The van der Waals surface area contributed by atoms with Crippen molar-refractivity contribution in [1.82, 2.24) is 19.6 Å². The van der Waals surface area contributed by atoms with Crippen molar-refractivity contribution >= 4 is 22.2 Å². The Kier molecular flexibility index (Phi) is 4.69. The third kappa shape index (κ3) is 3.34. The van der Waals surface area contributed by atoms with Crippen LogP contribution >= 0.6 is 11.3 Å². The summed E-state index contributed by atoms with van der Waals surface area (Å²) in [5.41, 5.74) is 3.80. The van der Waals surface area contributed by atoms with Gasteiger partial charge in [-0.25, -0.2) is 4.98 Å². The van der Waals surface area contributed by atoms with Crippen molar-refractivity contribution in [2.75, 3.05) is 20.6 Å². The number of amides is 1. The molecule has 3 rings (SSSR count). The number of aromatic nitrogens is 2. The zero-order valence-corrected chi connectivity index (χ0v) is 15.2. The summed E-state index contributed by atoms with van der Waals surface area (Å²) in [4.78, 5) is 20.1. The highest BCUT2D eigenvalue weighted by molar-refractivity contribution is 7.15. The van der Waals surface area contributed by atoms with Crippen LogP contribution in [0.15, 0.2) is 35.8 Å². The molecule has 0 saturated heterocycles. The van der Waals surface area contributed by atoms with Crippen LogP contribution < -0.4 is 5.32 Å². The van der Waals surface area contributed by atoms with Gasteiger partial charge in [0.25, 0.3) is 5.91 Å². The lowest BCUT2D eigenvalue weighted by atomic mass is 10.1. The first-order chi connectivity index (χ1) is 11.5. The number of carbonyl (C=O) groups is 1. The maximum atomic E-state index is 12.6. The van der Waals surface area contributed by atoms with Gasteiger partial charge in [-0.05, 0) is 33.5 Å². The van der Waals surface area contributed by atoms with Crippen LogP contribution in [-0.4, -0.2) is 46.9 Å². The monoisotopic (exact) mass is 342 g/mol. The van der Waals surface area contributed by atoms with Crippen molar-refractivity contribution < 1.29 is 4.79 Å². The lowest BCUT2D eigenvalue weighted by Gasteiger charge is -2.17. The SMILES string of the molecule is Cc1ccccc1-c1cn2c(C(=O)NC(C)CN(C)C)csc2n1. The number of imidazole rings is 1. The fourth-order valence-electron chi connectivity index (χ4n) is 2.83. The van der Waals surface area contributed by atoms with Crippen LogP contribution in [0, 0.1) is 6.92 Å². The Morgan fingerprint density at radius 3 is 2.83 bits per heavy atom. The van der Waals surface area contributed by atoms with Crippen LogP contribution in [0.3, 0.4) is 0 Å². The van der Waals surface area contributed by atoms with Crippen LogP contribution in [0.5, 0.6) is 0 Å². The molecule has 1 atom stereocenters. The molecule has 2 heterocycles. The Hall–Kier alpha value is -2.18. The molecule has 0 bridgehead atoms. The van der Waals surface area contributed by atoms with E-state index in [1.165, 1.54) is 16.9 Å². The molecule has 1 amide bonds. The van der Waals surface area contributed by atoms with E-state index in [1.807, 2.05) is 49.1 Å². The molecule has 0 radical (unpaired) electrons. The summed E-state index contributed by atoms with van der Waals surface area (Å²) in [7, 11) is 3.99. The van der Waals surface area contributed by atoms with Crippen molar-refractivity contribution in [2.45, 2.75) is 19.9 Å². The van der Waals surface area contributed by atoms with Crippen molar-refractivity contribution in [3.63, 3.8) is 0 Å². The number of rotatable bonds is 5. The first-order valence-electron chi connectivity index (χ1n) is 7.94. The maximum absolute atomic E-state index is 12.6. The predicted molar refractivity (Wildman–Crippen MR) is 98.7 cm³/mol. The zero-order chi connectivity index (χ0) is 17.3. The summed E-state index contributed by atoms with van der Waals surface area (Å²) >= 11 is 1.49. The Labute approximate surface area is 145 Å². The molecule has 1 N–H and O–H groups in total. The third-order valence-electron chi connectivity index (χ3n) is 3.88. The number of hydrogen-bond acceptors (Lipinski definition) is 4. The molecule has 0 aliphatic rings. The highest BCUT2D eigenvalue weighted by Crippen LogP contribution is 2.25. The Bertz CT molecular complexity index is 865. The number of likely N-dealkylation sites (N-methyl/N-ethyl adjacent to an activating group) is 1. The topological polar surface area (TPSA) is 49.6 Å². The lowest BCUT2D eigenvalue weighted by molar-refractivity contribution is 0.0928. The highest BCUT2D eigenvalue weighted by atomic mass is 32.1. The molecular formula is C18H22N4OS. The summed E-state index contributed by atoms with van der Waals surface area (Å²) in [6.07, 6.45) is 1.94. The molecule has 0 aliphatic carbocycles. The van der Waals surface area contributed by atoms with Crippen LogP contribution in [0.2, 0.25) is 0 Å². The minimum Gasteiger partial charge on any atom is -0.347 e. The Balaban J connectivity index is 1.88. The molecule has 24 heavy (non-hydrogen) atoms. The number of thiazole rings is 1. The second kappa shape index (κ2) is 6.75. The van der Waals surface area contributed by atoms with E-state index in [1.54, 1.807) is 0 Å². The van der Waals surface area contributed by atoms with E-state index in [0.717, 1.165) is 22.8 Å². The molecule has 6 heteroatoms. The minimum absolute atomic E-state index is 0.0654. The molecule has 126 valence electrons. The standard InChI is InChI=1S/C18H22N4OS/c1-12-7-5-6-8-14(12)15-10-22-16(11-24-18(22)20-15)17(23)19-13(2)9-21(3)4/h5-8,10-11,13H,9H2,1-4H3,(H,19,23). The molecule has 0 saturated carbocycles. The summed E-state index contributed by atoms with van der Waals surface area (Å²) < 4.78 is 1.88. The lowest BCUT2D eigenvalue weighted by Crippen LogP contribution is -2.39. The third-order valence-corrected chi connectivity index (χ3v) is 4.72. The first-order valence-corrected chi connectivity index (χ1v) is 8.82. The number of aryl methyl sites for hydroxylation is 1. The highest BCUT2D eigenvalue weighted by Gasteiger charge is 2.17. The number of fused-ring (bicyclic) bond motifs is 1. The van der Waals surface area contributed by atoms with E-state index in [4.69, 9.17) is 0 Å². The van der Waals surface area contributed by atoms with E-state index < -0.39 is 0 Å². The molecule has 5 nitrogen and oxygen atoms in total. The number of hydrogen-bond donors (Lipinski definition) is 1. The first kappa shape index (κ1) is 16.7. The minimum atomic E-state index is -0.0654.